The Kier molecular flexibility index (Phi) is 9.07. The van der Waals surface area contributed by atoms with Crippen molar-refractivity contribution < 1.29 is 8.39 Å². The Hall–Kier alpha value is -4.65. The molecule has 0 saturated carbocycles. The normalized spacial score (nSPS) is 13.1. The van der Waals surface area contributed by atoms with Crippen molar-refractivity contribution in [2.24, 2.45) is 0 Å². The van der Waals surface area contributed by atoms with Gasteiger partial charge in [0.25, 0.3) is 0 Å². The zero-order valence-electron chi connectivity index (χ0n) is 27.8. The topological polar surface area (TPSA) is 29.5 Å². The monoisotopic (exact) mass is 675 g/mol. The summed E-state index contributed by atoms with van der Waals surface area (Å²) in [6.07, 6.45) is 0.989. The molecule has 0 saturated heterocycles. The van der Waals surface area contributed by atoms with Gasteiger partial charge in [-0.3, -0.25) is 0 Å². The van der Waals surface area contributed by atoms with Crippen LogP contribution in [0.3, 0.4) is 0 Å². The summed E-state index contributed by atoms with van der Waals surface area (Å²) in [5.41, 5.74) is 3.40. The molecule has 1 heterocycles. The molecule has 0 spiro atoms. The summed E-state index contributed by atoms with van der Waals surface area (Å²) in [5.74, 6) is 0. The Morgan fingerprint density at radius 1 is 0.531 bits per heavy atom. The number of benzene rings is 7. The minimum absolute atomic E-state index is 0.171. The van der Waals surface area contributed by atoms with E-state index in [0.717, 1.165) is 34.9 Å². The largest absolute Gasteiger partial charge is 0.408 e. The van der Waals surface area contributed by atoms with Crippen LogP contribution >= 0.6 is 16.1 Å². The molecule has 8 rings (SSSR count). The summed E-state index contributed by atoms with van der Waals surface area (Å²) < 4.78 is 16.8. The average Bonchev–Trinajstić information content (AvgIpc) is 3.32. The van der Waals surface area contributed by atoms with Gasteiger partial charge in [0.2, 0.25) is 0 Å². The lowest BCUT2D eigenvalue weighted by Crippen LogP contribution is -2.33. The molecule has 49 heavy (non-hydrogen) atoms. The summed E-state index contributed by atoms with van der Waals surface area (Å²) >= 11 is 0. The first kappa shape index (κ1) is 31.6. The van der Waals surface area contributed by atoms with Gasteiger partial charge in [-0.15, -0.1) is 0 Å². The van der Waals surface area contributed by atoms with Gasteiger partial charge in [-0.25, -0.2) is 0 Å². The maximum absolute atomic E-state index is 7.14. The molecular weight excluding hydrogens is 636 g/mol. The van der Waals surface area contributed by atoms with Crippen molar-refractivity contribution in [3.63, 3.8) is 0 Å². The fourth-order valence-electron chi connectivity index (χ4n) is 7.16. The van der Waals surface area contributed by atoms with Crippen LogP contribution in [-0.2, 0) is 6.54 Å². The molecule has 0 radical (unpaired) electrons. The summed E-state index contributed by atoms with van der Waals surface area (Å²) in [5, 5.41) is 9.75. The summed E-state index contributed by atoms with van der Waals surface area (Å²) in [6, 6.07) is 58.9. The molecule has 3 nitrogen and oxygen atoms in total. The van der Waals surface area contributed by atoms with E-state index in [1.165, 1.54) is 37.7 Å². The lowest BCUT2D eigenvalue weighted by atomic mass is 9.99. The zero-order chi connectivity index (χ0) is 33.2. The third-order valence-electron chi connectivity index (χ3n) is 9.48. The SMILES string of the molecule is C[C@@H](C[C@H](C)P(c1ccccc1)c1ccccc1)N(Cc1ccccc1)p1oc2ccc3ccccc3c2c2c(ccc3ccccc32)o1. The Balaban J connectivity index is 1.30. The van der Waals surface area contributed by atoms with E-state index >= 15 is 0 Å². The molecule has 0 unspecified atom stereocenters. The van der Waals surface area contributed by atoms with Crippen molar-refractivity contribution in [1.82, 2.24) is 0 Å². The Morgan fingerprint density at radius 3 is 1.49 bits per heavy atom. The lowest BCUT2D eigenvalue weighted by molar-refractivity contribution is 0.561. The standard InChI is InChI=1S/C44H39NO2P2/c1-32(30-33(2)48(37-20-8-4-9-21-37)38-22-10-5-11-23-38)45(31-34-16-6-3-7-17-34)49-46-41-28-26-35-18-12-14-24-39(35)43(41)44-40-25-15-13-19-36(40)27-29-42(44)47-49/h3-29,32-33H,30-31H2,1-2H3/t32-,33-/m0/s1. The predicted octanol–water partition coefficient (Wildman–Crippen LogP) is 12.0. The van der Waals surface area contributed by atoms with E-state index in [1.807, 2.05) is 0 Å². The van der Waals surface area contributed by atoms with E-state index in [4.69, 9.17) is 8.39 Å². The first-order valence-electron chi connectivity index (χ1n) is 17.0. The van der Waals surface area contributed by atoms with Gasteiger partial charge < -0.3 is 8.39 Å². The maximum atomic E-state index is 7.14. The van der Waals surface area contributed by atoms with Crippen LogP contribution < -0.4 is 15.3 Å². The number of hydrogen-bond donors (Lipinski definition) is 0. The zero-order valence-corrected chi connectivity index (χ0v) is 29.6. The van der Waals surface area contributed by atoms with Crippen LogP contribution in [0, 0.1) is 0 Å². The molecule has 0 aliphatic carbocycles. The fraction of sp³-hybridized carbons (Fsp3) is 0.136. The van der Waals surface area contributed by atoms with Crippen molar-refractivity contribution in [3.8, 4) is 0 Å². The molecule has 0 N–H and O–H groups in total. The second-order valence-corrected chi connectivity index (χ2v) is 16.8. The lowest BCUT2D eigenvalue weighted by Gasteiger charge is -2.32. The van der Waals surface area contributed by atoms with Gasteiger partial charge in [0.15, 0.2) is 0 Å². The van der Waals surface area contributed by atoms with Crippen LogP contribution in [0.5, 0.6) is 0 Å². The number of fused-ring (bicyclic) bond motifs is 7. The van der Waals surface area contributed by atoms with E-state index in [1.54, 1.807) is 0 Å². The number of nitrogens with zero attached hydrogens (tertiary/aromatic N) is 1. The smallest absolute Gasteiger partial charge is 0.310 e. The van der Waals surface area contributed by atoms with Gasteiger partial charge >= 0.3 is 8.16 Å². The molecule has 1 aromatic heterocycles. The summed E-state index contributed by atoms with van der Waals surface area (Å²) in [7, 11) is -2.10. The Labute approximate surface area is 290 Å². The Bertz CT molecular complexity index is 2260. The molecular formula is C44H39NO2P2. The van der Waals surface area contributed by atoms with Crippen LogP contribution in [0.25, 0.3) is 43.5 Å². The van der Waals surface area contributed by atoms with Crippen LogP contribution in [0.4, 0.5) is 0 Å². The van der Waals surface area contributed by atoms with Crippen molar-refractivity contribution in [3.05, 3.63) is 169 Å². The fourth-order valence-corrected chi connectivity index (χ4v) is 11.6. The van der Waals surface area contributed by atoms with Crippen LogP contribution in [0.15, 0.2) is 172 Å². The third-order valence-corrected chi connectivity index (χ3v) is 13.9. The first-order valence-corrected chi connectivity index (χ1v) is 19.6. The third kappa shape index (κ3) is 6.43. The molecule has 0 amide bonds. The highest BCUT2D eigenvalue weighted by molar-refractivity contribution is 7.73. The van der Waals surface area contributed by atoms with Gasteiger partial charge in [-0.2, -0.15) is 4.67 Å². The van der Waals surface area contributed by atoms with Crippen LogP contribution in [0.2, 0.25) is 0 Å². The van der Waals surface area contributed by atoms with Gasteiger partial charge in [0.1, 0.15) is 11.2 Å². The molecule has 8 aromatic rings. The van der Waals surface area contributed by atoms with Crippen molar-refractivity contribution in [1.29, 1.82) is 0 Å². The molecule has 7 aromatic carbocycles. The van der Waals surface area contributed by atoms with Gasteiger partial charge in [0, 0.05) is 23.4 Å². The quantitative estimate of drug-likeness (QED) is 0.143. The highest BCUT2D eigenvalue weighted by Crippen LogP contribution is 2.46. The van der Waals surface area contributed by atoms with Gasteiger partial charge in [-0.05, 0) is 76.8 Å². The van der Waals surface area contributed by atoms with Crippen LogP contribution in [0.1, 0.15) is 25.8 Å². The predicted molar refractivity (Wildman–Crippen MR) is 212 cm³/mol. The highest BCUT2D eigenvalue weighted by atomic mass is 31.1. The molecule has 2 atom stereocenters. The van der Waals surface area contributed by atoms with Crippen molar-refractivity contribution >= 4 is 70.2 Å². The molecule has 242 valence electrons. The average molecular weight is 676 g/mol. The van der Waals surface area contributed by atoms with E-state index < -0.39 is 16.1 Å². The minimum Gasteiger partial charge on any atom is -0.408 e. The molecule has 0 fully saturated rings. The number of rotatable bonds is 9. The van der Waals surface area contributed by atoms with Crippen LogP contribution in [-0.4, -0.2) is 11.7 Å². The summed E-state index contributed by atoms with van der Waals surface area (Å²) in [4.78, 5) is 0. The van der Waals surface area contributed by atoms with Gasteiger partial charge in [-0.1, -0.05) is 159 Å². The first-order chi connectivity index (χ1) is 24.1. The van der Waals surface area contributed by atoms with E-state index in [9.17, 15) is 0 Å². The van der Waals surface area contributed by atoms with Crippen molar-refractivity contribution in [2.75, 3.05) is 4.67 Å². The molecule has 0 aliphatic heterocycles. The Morgan fingerprint density at radius 2 is 0.980 bits per heavy atom. The highest BCUT2D eigenvalue weighted by Gasteiger charge is 2.28. The second kappa shape index (κ2) is 14.1. The van der Waals surface area contributed by atoms with E-state index in [-0.39, 0.29) is 6.04 Å². The number of hydrogen-bond acceptors (Lipinski definition) is 3. The molecule has 0 bridgehead atoms. The maximum Gasteiger partial charge on any atom is 0.310 e. The van der Waals surface area contributed by atoms with E-state index in [0.29, 0.717) is 5.66 Å². The van der Waals surface area contributed by atoms with Gasteiger partial charge in [0.05, 0.1) is 0 Å². The van der Waals surface area contributed by atoms with Crippen molar-refractivity contribution in [2.45, 2.75) is 38.5 Å². The molecule has 0 aliphatic rings. The van der Waals surface area contributed by atoms with E-state index in [2.05, 4.69) is 182 Å². The second-order valence-electron chi connectivity index (χ2n) is 12.8. The summed E-state index contributed by atoms with van der Waals surface area (Å²) in [6.45, 7) is 5.50. The minimum atomic E-state index is -1.53. The molecule has 5 heteroatoms.